The van der Waals surface area contributed by atoms with E-state index < -0.39 is 12.1 Å². The van der Waals surface area contributed by atoms with Crippen LogP contribution in [0.2, 0.25) is 0 Å². The van der Waals surface area contributed by atoms with E-state index >= 15 is 0 Å². The molecule has 0 aliphatic heterocycles. The Labute approximate surface area is 67.4 Å². The molecular formula is C3H10N6O3. The van der Waals surface area contributed by atoms with Crippen LogP contribution in [-0.4, -0.2) is 23.2 Å². The van der Waals surface area contributed by atoms with Gasteiger partial charge in [-0.3, -0.25) is 10.8 Å². The highest BCUT2D eigenvalue weighted by Crippen LogP contribution is 1.64. The van der Waals surface area contributed by atoms with Crippen LogP contribution in [0.3, 0.4) is 0 Å². The lowest BCUT2D eigenvalue weighted by atomic mass is 11.1. The molecule has 9 heteroatoms. The zero-order chi connectivity index (χ0) is 10.1. The normalized spacial score (nSPS) is 7.00. The van der Waals surface area contributed by atoms with Gasteiger partial charge in [0.15, 0.2) is 5.96 Å². The molecule has 0 fully saturated rings. The molecule has 12 heavy (non-hydrogen) atoms. The molecule has 10 N–H and O–H groups in total. The van der Waals surface area contributed by atoms with E-state index in [0.29, 0.717) is 0 Å². The van der Waals surface area contributed by atoms with Crippen LogP contribution in [0.15, 0.2) is 0 Å². The SMILES string of the molecule is N=C(N)N.N=C(N)NOC(=O)O. The van der Waals surface area contributed by atoms with Gasteiger partial charge >= 0.3 is 6.16 Å². The van der Waals surface area contributed by atoms with Crippen LogP contribution in [-0.2, 0) is 4.84 Å². The smallest absolute Gasteiger partial charge is 0.448 e. The summed E-state index contributed by atoms with van der Waals surface area (Å²) in [7, 11) is 0. The summed E-state index contributed by atoms with van der Waals surface area (Å²) in [5.74, 6) is -0.882. The Morgan fingerprint density at radius 2 is 1.67 bits per heavy atom. The second-order valence-electron chi connectivity index (χ2n) is 1.34. The molecule has 0 aromatic heterocycles. The van der Waals surface area contributed by atoms with E-state index in [1.807, 2.05) is 0 Å². The Kier molecular flexibility index (Phi) is 7.20. The summed E-state index contributed by atoms with van der Waals surface area (Å²) in [5.41, 5.74) is 15.2. The average Bonchev–Trinajstić information content (AvgIpc) is 1.82. The first kappa shape index (κ1) is 12.5. The molecule has 70 valence electrons. The third-order valence-corrected chi connectivity index (χ3v) is 0.248. The Hall–Kier alpha value is -2.19. The second kappa shape index (κ2) is 6.92. The Morgan fingerprint density at radius 3 is 1.75 bits per heavy atom. The van der Waals surface area contributed by atoms with E-state index in [1.54, 1.807) is 5.48 Å². The van der Waals surface area contributed by atoms with E-state index in [1.165, 1.54) is 0 Å². The summed E-state index contributed by atoms with van der Waals surface area (Å²) in [6, 6.07) is 0. The largest absolute Gasteiger partial charge is 0.530 e. The van der Waals surface area contributed by atoms with Crippen LogP contribution in [0.4, 0.5) is 4.79 Å². The van der Waals surface area contributed by atoms with E-state index in [0.717, 1.165) is 0 Å². The lowest BCUT2D eigenvalue weighted by Crippen LogP contribution is -2.31. The number of nitrogens with two attached hydrogens (primary N) is 3. The summed E-state index contributed by atoms with van der Waals surface area (Å²) in [6.45, 7) is 0. The third-order valence-electron chi connectivity index (χ3n) is 0.248. The van der Waals surface area contributed by atoms with Crippen LogP contribution in [0.5, 0.6) is 0 Å². The van der Waals surface area contributed by atoms with Gasteiger partial charge in [0.05, 0.1) is 0 Å². The number of nitrogens with one attached hydrogen (secondary N) is 3. The van der Waals surface area contributed by atoms with Gasteiger partial charge in [-0.1, -0.05) is 0 Å². The first-order chi connectivity index (χ1) is 5.36. The number of carboxylic acid groups (broad SMARTS) is 1. The molecule has 0 aliphatic rings. The molecule has 0 spiro atoms. The summed E-state index contributed by atoms with van der Waals surface area (Å²) >= 11 is 0. The maximum atomic E-state index is 9.47. The van der Waals surface area contributed by atoms with Crippen molar-refractivity contribution in [3.05, 3.63) is 0 Å². The van der Waals surface area contributed by atoms with Crippen molar-refractivity contribution in [2.75, 3.05) is 0 Å². The fourth-order valence-corrected chi connectivity index (χ4v) is 0.0986. The maximum Gasteiger partial charge on any atom is 0.530 e. The Morgan fingerprint density at radius 1 is 1.33 bits per heavy atom. The zero-order valence-electron chi connectivity index (χ0n) is 6.00. The lowest BCUT2D eigenvalue weighted by molar-refractivity contribution is 0.0677. The van der Waals surface area contributed by atoms with Crippen molar-refractivity contribution >= 4 is 18.1 Å². The maximum absolute atomic E-state index is 9.47. The molecule has 0 aromatic rings. The molecule has 0 aromatic carbocycles. The molecule has 0 atom stereocenters. The van der Waals surface area contributed by atoms with Crippen molar-refractivity contribution in [3.63, 3.8) is 0 Å². The van der Waals surface area contributed by atoms with Crippen molar-refractivity contribution in [1.82, 2.24) is 5.48 Å². The molecule has 0 rings (SSSR count). The minimum atomic E-state index is -1.53. The van der Waals surface area contributed by atoms with Crippen molar-refractivity contribution in [2.45, 2.75) is 0 Å². The quantitative estimate of drug-likeness (QED) is 0.126. The molecule has 9 nitrogen and oxygen atoms in total. The Bertz CT molecular complexity index is 161. The summed E-state index contributed by atoms with van der Waals surface area (Å²) in [6.07, 6.45) is -1.53. The van der Waals surface area contributed by atoms with Crippen LogP contribution in [0.25, 0.3) is 0 Å². The van der Waals surface area contributed by atoms with Crippen LogP contribution >= 0.6 is 0 Å². The summed E-state index contributed by atoms with van der Waals surface area (Å²) in [4.78, 5) is 13.1. The topological polar surface area (TPSA) is 184 Å². The molecule has 0 unspecified atom stereocenters. The van der Waals surface area contributed by atoms with Crippen molar-refractivity contribution in [2.24, 2.45) is 17.2 Å². The summed E-state index contributed by atoms with van der Waals surface area (Å²) < 4.78 is 0. The number of carbonyl (C=O) groups is 1. The highest BCUT2D eigenvalue weighted by atomic mass is 16.8. The predicted octanol–water partition coefficient (Wildman–Crippen LogP) is -2.08. The van der Waals surface area contributed by atoms with Gasteiger partial charge in [-0.25, -0.2) is 4.79 Å². The molecular weight excluding hydrogens is 168 g/mol. The lowest BCUT2D eigenvalue weighted by Gasteiger charge is -1.96. The molecule has 0 aliphatic carbocycles. The van der Waals surface area contributed by atoms with Gasteiger partial charge < -0.3 is 27.1 Å². The van der Waals surface area contributed by atoms with Crippen molar-refractivity contribution < 1.29 is 14.7 Å². The minimum absolute atomic E-state index is 0.333. The first-order valence-corrected chi connectivity index (χ1v) is 2.45. The van der Waals surface area contributed by atoms with Gasteiger partial charge in [-0.2, -0.15) is 5.48 Å². The van der Waals surface area contributed by atoms with Crippen LogP contribution < -0.4 is 22.7 Å². The van der Waals surface area contributed by atoms with Gasteiger partial charge in [0.25, 0.3) is 0 Å². The molecule has 0 bridgehead atoms. The number of hydrogen-bond donors (Lipinski definition) is 7. The minimum Gasteiger partial charge on any atom is -0.448 e. The average molecular weight is 178 g/mol. The van der Waals surface area contributed by atoms with E-state index in [9.17, 15) is 4.79 Å². The van der Waals surface area contributed by atoms with Gasteiger partial charge in [0.1, 0.15) is 0 Å². The monoisotopic (exact) mass is 178 g/mol. The van der Waals surface area contributed by atoms with E-state index in [-0.39, 0.29) is 5.96 Å². The highest BCUT2D eigenvalue weighted by Gasteiger charge is 1.93. The predicted molar refractivity (Wildman–Crippen MR) is 40.3 cm³/mol. The molecule has 0 saturated carbocycles. The second-order valence-corrected chi connectivity index (χ2v) is 1.34. The first-order valence-electron chi connectivity index (χ1n) is 2.45. The molecule has 0 heterocycles. The van der Waals surface area contributed by atoms with E-state index in [2.05, 4.69) is 22.0 Å². The molecule has 0 saturated heterocycles. The highest BCUT2D eigenvalue weighted by molar-refractivity contribution is 5.74. The summed E-state index contributed by atoms with van der Waals surface area (Å²) in [5, 5.41) is 20.1. The number of hydroxylamine groups is 1. The third kappa shape index (κ3) is 45.9. The number of guanidine groups is 2. The molecule has 0 radical (unpaired) electrons. The number of rotatable bonds is 0. The Balaban J connectivity index is 0. The zero-order valence-corrected chi connectivity index (χ0v) is 6.00. The van der Waals surface area contributed by atoms with Gasteiger partial charge in [-0.15, -0.1) is 0 Å². The van der Waals surface area contributed by atoms with Gasteiger partial charge in [-0.05, 0) is 0 Å². The number of hydrogen-bond acceptors (Lipinski definition) is 4. The fourth-order valence-electron chi connectivity index (χ4n) is 0.0986. The fraction of sp³-hybridized carbons (Fsp3) is 0. The van der Waals surface area contributed by atoms with Crippen molar-refractivity contribution in [3.8, 4) is 0 Å². The standard InChI is InChI=1S/C2H5N3O3.CH5N3/c3-1(4)5-8-2(6)7;2-1(3)4/h(H,6,7)(H4,3,4,5);(H5,2,3,4). The van der Waals surface area contributed by atoms with Crippen molar-refractivity contribution in [1.29, 1.82) is 10.8 Å². The van der Waals surface area contributed by atoms with Crippen LogP contribution in [0.1, 0.15) is 0 Å². The van der Waals surface area contributed by atoms with E-state index in [4.69, 9.17) is 15.9 Å². The molecule has 0 amide bonds. The van der Waals surface area contributed by atoms with Gasteiger partial charge in [0.2, 0.25) is 5.96 Å². The van der Waals surface area contributed by atoms with Gasteiger partial charge in [0, 0.05) is 0 Å². The van der Waals surface area contributed by atoms with Crippen LogP contribution in [0, 0.1) is 10.8 Å².